The van der Waals surface area contributed by atoms with Crippen molar-refractivity contribution in [3.8, 4) is 23.3 Å². The maximum Gasteiger partial charge on any atom is 0.239 e. The van der Waals surface area contributed by atoms with Crippen molar-refractivity contribution in [3.05, 3.63) is 47.2 Å². The number of thiophene rings is 1. The largest absolute Gasteiger partial charge is 0.453 e. The summed E-state index contributed by atoms with van der Waals surface area (Å²) >= 11 is 1.42. The highest BCUT2D eigenvalue weighted by Gasteiger charge is 2.23. The molecule has 8 nitrogen and oxygen atoms in total. The quantitative estimate of drug-likeness (QED) is 0.376. The van der Waals surface area contributed by atoms with Crippen LogP contribution < -0.4 is 10.1 Å². The molecule has 0 radical (unpaired) electrons. The lowest BCUT2D eigenvalue weighted by atomic mass is 10.2. The zero-order valence-electron chi connectivity index (χ0n) is 21.5. The van der Waals surface area contributed by atoms with Crippen molar-refractivity contribution in [1.82, 2.24) is 14.2 Å². The van der Waals surface area contributed by atoms with E-state index in [4.69, 9.17) is 4.74 Å². The van der Waals surface area contributed by atoms with E-state index < -0.39 is 27.8 Å². The Kier molecular flexibility index (Phi) is 9.62. The highest BCUT2D eigenvalue weighted by molar-refractivity contribution is 7.88. The minimum Gasteiger partial charge on any atom is -0.453 e. The molecule has 1 aromatic carbocycles. The Morgan fingerprint density at radius 2 is 1.92 bits per heavy atom. The molecule has 0 aliphatic heterocycles. The van der Waals surface area contributed by atoms with Crippen molar-refractivity contribution >= 4 is 43.2 Å². The molecular weight excluding hydrogens is 515 g/mol. The van der Waals surface area contributed by atoms with Gasteiger partial charge in [-0.05, 0) is 45.1 Å². The molecule has 198 valence electrons. The van der Waals surface area contributed by atoms with E-state index in [1.807, 2.05) is 6.07 Å². The first-order chi connectivity index (χ1) is 17.5. The molecule has 0 fully saturated rings. The SMILES string of the molecule is CCN(CC)CC#Cc1cc2nccc(Oc3ccc(NC(=O)CN(C(C)C)S(C)(=O)=O)cc3F)c2s1. The summed E-state index contributed by atoms with van der Waals surface area (Å²) in [5.74, 6) is 5.52. The molecule has 3 aromatic rings. The highest BCUT2D eigenvalue weighted by atomic mass is 32.2. The summed E-state index contributed by atoms with van der Waals surface area (Å²) in [5, 5.41) is 2.53. The van der Waals surface area contributed by atoms with Gasteiger partial charge in [0.05, 0.1) is 34.4 Å². The van der Waals surface area contributed by atoms with Crippen LogP contribution in [0.4, 0.5) is 10.1 Å². The number of pyridine rings is 1. The number of halogens is 1. The number of carbonyl (C=O) groups is 1. The first kappa shape index (κ1) is 28.5. The standard InChI is InChI=1S/C26H31FN4O4S2/c1-6-30(7-2)14-8-9-20-16-22-26(36-20)24(12-13-28-22)35-23-11-10-19(15-21(23)27)29-25(32)17-31(18(3)4)37(5,33)34/h10-13,15-16,18H,6-7,14,17H2,1-5H3,(H,29,32). The number of benzene rings is 1. The third kappa shape index (κ3) is 7.72. The molecule has 0 unspecified atom stereocenters. The van der Waals surface area contributed by atoms with Gasteiger partial charge in [0.15, 0.2) is 11.6 Å². The van der Waals surface area contributed by atoms with Gasteiger partial charge in [0, 0.05) is 30.1 Å². The van der Waals surface area contributed by atoms with E-state index in [-0.39, 0.29) is 18.0 Å². The Bertz CT molecular complexity index is 1420. The zero-order valence-corrected chi connectivity index (χ0v) is 23.2. The Morgan fingerprint density at radius 3 is 2.54 bits per heavy atom. The highest BCUT2D eigenvalue weighted by Crippen LogP contribution is 2.35. The van der Waals surface area contributed by atoms with Crippen molar-refractivity contribution in [2.75, 3.05) is 37.8 Å². The third-order valence-electron chi connectivity index (χ3n) is 5.52. The Labute approximate surface area is 221 Å². The lowest BCUT2D eigenvalue weighted by Crippen LogP contribution is -2.41. The van der Waals surface area contributed by atoms with Crippen LogP contribution in [-0.2, 0) is 14.8 Å². The molecule has 1 N–H and O–H groups in total. The van der Waals surface area contributed by atoms with Gasteiger partial charge in [0.2, 0.25) is 15.9 Å². The summed E-state index contributed by atoms with van der Waals surface area (Å²) in [4.78, 5) is 19.8. The molecule has 3 rings (SSSR count). The number of amides is 1. The van der Waals surface area contributed by atoms with Gasteiger partial charge >= 0.3 is 0 Å². The molecule has 0 saturated carbocycles. The second-order valence-corrected chi connectivity index (χ2v) is 11.6. The van der Waals surface area contributed by atoms with E-state index in [1.165, 1.54) is 23.5 Å². The fourth-order valence-electron chi connectivity index (χ4n) is 3.55. The van der Waals surface area contributed by atoms with Crippen molar-refractivity contribution in [2.45, 2.75) is 33.7 Å². The van der Waals surface area contributed by atoms with Crippen molar-refractivity contribution in [2.24, 2.45) is 0 Å². The monoisotopic (exact) mass is 546 g/mol. The molecule has 0 spiro atoms. The number of fused-ring (bicyclic) bond motifs is 1. The first-order valence-corrected chi connectivity index (χ1v) is 14.5. The summed E-state index contributed by atoms with van der Waals surface area (Å²) < 4.78 is 46.3. The van der Waals surface area contributed by atoms with E-state index in [1.54, 1.807) is 26.1 Å². The van der Waals surface area contributed by atoms with Crippen molar-refractivity contribution < 1.29 is 22.3 Å². The summed E-state index contributed by atoms with van der Waals surface area (Å²) in [6.07, 6.45) is 2.63. The molecule has 0 saturated heterocycles. The lowest BCUT2D eigenvalue weighted by Gasteiger charge is -2.23. The predicted octanol–water partition coefficient (Wildman–Crippen LogP) is 4.53. The molecule has 37 heavy (non-hydrogen) atoms. The molecule has 11 heteroatoms. The van der Waals surface area contributed by atoms with Gasteiger partial charge in [-0.1, -0.05) is 25.7 Å². The van der Waals surface area contributed by atoms with Crippen LogP contribution in [0.5, 0.6) is 11.5 Å². The molecule has 0 atom stereocenters. The second kappa shape index (κ2) is 12.5. The smallest absolute Gasteiger partial charge is 0.239 e. The average molecular weight is 547 g/mol. The lowest BCUT2D eigenvalue weighted by molar-refractivity contribution is -0.116. The van der Waals surface area contributed by atoms with Gasteiger partial charge in [-0.25, -0.2) is 12.8 Å². The van der Waals surface area contributed by atoms with E-state index in [9.17, 15) is 17.6 Å². The fraction of sp³-hybridized carbons (Fsp3) is 0.385. The topological polar surface area (TPSA) is 91.8 Å². The fourth-order valence-corrected chi connectivity index (χ4v) is 5.60. The van der Waals surface area contributed by atoms with Crippen LogP contribution in [0, 0.1) is 17.7 Å². The van der Waals surface area contributed by atoms with E-state index in [0.717, 1.165) is 39.3 Å². The van der Waals surface area contributed by atoms with Crippen LogP contribution in [0.25, 0.3) is 10.2 Å². The van der Waals surface area contributed by atoms with Gasteiger partial charge in [0.25, 0.3) is 0 Å². The maximum atomic E-state index is 14.9. The van der Waals surface area contributed by atoms with E-state index in [0.29, 0.717) is 17.8 Å². The summed E-state index contributed by atoms with van der Waals surface area (Å²) in [6.45, 7) is 9.70. The number of nitrogens with zero attached hydrogens (tertiary/aromatic N) is 3. The number of anilines is 1. The molecule has 0 aliphatic carbocycles. The minimum absolute atomic E-state index is 0.0204. The average Bonchev–Trinajstić information content (AvgIpc) is 3.25. The zero-order chi connectivity index (χ0) is 27.2. The summed E-state index contributed by atoms with van der Waals surface area (Å²) in [6, 6.07) is 7.18. The second-order valence-electron chi connectivity index (χ2n) is 8.59. The molecule has 1 amide bonds. The van der Waals surface area contributed by atoms with Crippen LogP contribution >= 0.6 is 11.3 Å². The Morgan fingerprint density at radius 1 is 1.19 bits per heavy atom. The molecule has 2 heterocycles. The number of sulfonamides is 1. The summed E-state index contributed by atoms with van der Waals surface area (Å²) in [7, 11) is -3.57. The number of hydrogen-bond donors (Lipinski definition) is 1. The number of ether oxygens (including phenoxy) is 1. The Hall–Kier alpha value is -3.04. The molecule has 0 bridgehead atoms. The van der Waals surface area contributed by atoms with Gasteiger partial charge in [0.1, 0.15) is 5.75 Å². The molecule has 2 aromatic heterocycles. The van der Waals surface area contributed by atoms with Crippen LogP contribution in [0.2, 0.25) is 0 Å². The molecular formula is C26H31FN4O4S2. The van der Waals surface area contributed by atoms with E-state index in [2.05, 4.69) is 40.9 Å². The van der Waals surface area contributed by atoms with E-state index >= 15 is 0 Å². The maximum absolute atomic E-state index is 14.9. The number of nitrogens with one attached hydrogen (secondary N) is 1. The van der Waals surface area contributed by atoms with Gasteiger partial charge in [-0.15, -0.1) is 11.3 Å². The van der Waals surface area contributed by atoms with Gasteiger partial charge in [-0.3, -0.25) is 14.7 Å². The van der Waals surface area contributed by atoms with Gasteiger partial charge in [-0.2, -0.15) is 4.31 Å². The van der Waals surface area contributed by atoms with Gasteiger partial charge < -0.3 is 10.1 Å². The summed E-state index contributed by atoms with van der Waals surface area (Å²) in [5.41, 5.74) is 0.897. The van der Waals surface area contributed by atoms with Crippen molar-refractivity contribution in [1.29, 1.82) is 0 Å². The molecule has 0 aliphatic rings. The van der Waals surface area contributed by atoms with Crippen LogP contribution in [0.1, 0.15) is 32.6 Å². The predicted molar refractivity (Wildman–Crippen MR) is 146 cm³/mol. The third-order valence-corrected chi connectivity index (χ3v) is 7.98. The van der Waals surface area contributed by atoms with Crippen LogP contribution in [0.15, 0.2) is 36.5 Å². The Balaban J connectivity index is 1.74. The number of aromatic nitrogens is 1. The van der Waals surface area contributed by atoms with Crippen LogP contribution in [-0.4, -0.2) is 67.0 Å². The number of rotatable bonds is 10. The van der Waals surface area contributed by atoms with Crippen molar-refractivity contribution in [3.63, 3.8) is 0 Å². The van der Waals surface area contributed by atoms with Crippen LogP contribution in [0.3, 0.4) is 0 Å². The number of hydrogen-bond acceptors (Lipinski definition) is 7. The minimum atomic E-state index is -3.57. The first-order valence-electron chi connectivity index (χ1n) is 11.9. The normalized spacial score (nSPS) is 11.7. The number of carbonyl (C=O) groups excluding carboxylic acids is 1.